The fraction of sp³-hybridized carbons (Fsp3) is 0.350. The van der Waals surface area contributed by atoms with Crippen molar-refractivity contribution < 1.29 is 30.4 Å². The summed E-state index contributed by atoms with van der Waals surface area (Å²) in [6.07, 6.45) is 0.608. The standard InChI is InChI=1S/C20H23N3O4S/c1-5-12-6-13-15(7-14(12)27-20(25)11(4)22)26-18(10(3)21)16(17(13)24)19-23-9(2)8-28-19/h6-8,10-11H,5,21-22H2,1-4H3/p+3. The largest absolute Gasteiger partial charge is 0.453 e. The highest BCUT2D eigenvalue weighted by Gasteiger charge is 2.27. The van der Waals surface area contributed by atoms with Gasteiger partial charge in [0.25, 0.3) is 5.01 Å². The van der Waals surface area contributed by atoms with Crippen LogP contribution in [-0.4, -0.2) is 12.0 Å². The molecule has 8 heteroatoms. The number of hydrogen-bond donors (Lipinski definition) is 2. The number of fused-ring (bicyclic) bond motifs is 1. The van der Waals surface area contributed by atoms with E-state index in [0.29, 0.717) is 34.5 Å². The number of aryl methyl sites for hydroxylation is 2. The van der Waals surface area contributed by atoms with Crippen molar-refractivity contribution in [2.24, 2.45) is 0 Å². The third-order valence-electron chi connectivity index (χ3n) is 4.43. The number of H-pyrrole nitrogens is 1. The van der Waals surface area contributed by atoms with E-state index < -0.39 is 12.0 Å². The smallest absolute Gasteiger partial charge is 0.369 e. The highest BCUT2D eigenvalue weighted by molar-refractivity contribution is 7.12. The molecule has 0 aliphatic heterocycles. The quantitative estimate of drug-likeness (QED) is 0.487. The lowest BCUT2D eigenvalue weighted by Gasteiger charge is -2.12. The summed E-state index contributed by atoms with van der Waals surface area (Å²) in [6, 6.07) is 2.64. The first-order chi connectivity index (χ1) is 13.2. The van der Waals surface area contributed by atoms with Gasteiger partial charge < -0.3 is 20.6 Å². The van der Waals surface area contributed by atoms with E-state index in [1.54, 1.807) is 19.1 Å². The van der Waals surface area contributed by atoms with Crippen molar-refractivity contribution >= 4 is 28.3 Å². The van der Waals surface area contributed by atoms with Crippen molar-refractivity contribution in [3.8, 4) is 16.3 Å². The van der Waals surface area contributed by atoms with Gasteiger partial charge in [0, 0.05) is 13.0 Å². The zero-order valence-electron chi connectivity index (χ0n) is 16.5. The van der Waals surface area contributed by atoms with E-state index in [4.69, 9.17) is 9.15 Å². The molecule has 2 aromatic heterocycles. The third kappa shape index (κ3) is 3.71. The lowest BCUT2D eigenvalue weighted by Crippen LogP contribution is -2.64. The van der Waals surface area contributed by atoms with E-state index in [1.165, 1.54) is 11.3 Å². The molecule has 148 valence electrons. The maximum atomic E-state index is 13.4. The van der Waals surface area contributed by atoms with Gasteiger partial charge in [-0.05, 0) is 31.9 Å². The zero-order valence-corrected chi connectivity index (χ0v) is 17.4. The van der Waals surface area contributed by atoms with Gasteiger partial charge in [-0.2, -0.15) is 4.98 Å². The predicted molar refractivity (Wildman–Crippen MR) is 106 cm³/mol. The molecule has 0 saturated carbocycles. The first-order valence-corrected chi connectivity index (χ1v) is 10.1. The molecule has 0 saturated heterocycles. The summed E-state index contributed by atoms with van der Waals surface area (Å²) < 4.78 is 11.6. The maximum absolute atomic E-state index is 13.4. The Bertz CT molecular complexity index is 1100. The van der Waals surface area contributed by atoms with Gasteiger partial charge in [0.15, 0.2) is 23.1 Å². The zero-order chi connectivity index (χ0) is 20.6. The summed E-state index contributed by atoms with van der Waals surface area (Å²) in [5, 5.41) is 3.16. The van der Waals surface area contributed by atoms with Crippen LogP contribution in [0.25, 0.3) is 21.5 Å². The number of thiazole rings is 1. The Morgan fingerprint density at radius 1 is 1.32 bits per heavy atom. The minimum absolute atomic E-state index is 0.122. The van der Waals surface area contributed by atoms with Crippen molar-refractivity contribution in [3.05, 3.63) is 44.8 Å². The van der Waals surface area contributed by atoms with Crippen LogP contribution < -0.4 is 26.6 Å². The number of aromatic nitrogens is 1. The summed E-state index contributed by atoms with van der Waals surface area (Å²) in [5.41, 5.74) is 10.2. The van der Waals surface area contributed by atoms with E-state index in [9.17, 15) is 9.59 Å². The molecule has 1 aromatic carbocycles. The van der Waals surface area contributed by atoms with Crippen LogP contribution in [0.1, 0.15) is 43.8 Å². The van der Waals surface area contributed by atoms with Gasteiger partial charge in [-0.25, -0.2) is 4.79 Å². The molecule has 0 aliphatic rings. The second kappa shape index (κ2) is 7.83. The summed E-state index contributed by atoms with van der Waals surface area (Å²) in [5.74, 6) is 0.470. The van der Waals surface area contributed by atoms with Crippen molar-refractivity contribution in [1.82, 2.24) is 0 Å². The molecule has 0 spiro atoms. The number of benzene rings is 1. The van der Waals surface area contributed by atoms with Crippen LogP contribution in [0.4, 0.5) is 0 Å². The molecule has 28 heavy (non-hydrogen) atoms. The van der Waals surface area contributed by atoms with Crippen molar-refractivity contribution in [3.63, 3.8) is 0 Å². The van der Waals surface area contributed by atoms with E-state index in [1.807, 2.05) is 26.2 Å². The first kappa shape index (κ1) is 20.2. The second-order valence-electron chi connectivity index (χ2n) is 7.08. The molecule has 7 nitrogen and oxygen atoms in total. The van der Waals surface area contributed by atoms with Gasteiger partial charge in [0.05, 0.1) is 10.8 Å². The first-order valence-electron chi connectivity index (χ1n) is 9.22. The number of aromatic amines is 1. The lowest BCUT2D eigenvalue weighted by atomic mass is 10.0. The number of ether oxygens (including phenoxy) is 1. The predicted octanol–water partition coefficient (Wildman–Crippen LogP) is 1.05. The summed E-state index contributed by atoms with van der Waals surface area (Å²) >= 11 is 1.46. The van der Waals surface area contributed by atoms with Crippen LogP contribution in [0, 0.1) is 6.92 Å². The van der Waals surface area contributed by atoms with Crippen molar-refractivity contribution in [2.75, 3.05) is 0 Å². The van der Waals surface area contributed by atoms with Gasteiger partial charge in [0.2, 0.25) is 5.43 Å². The second-order valence-corrected chi connectivity index (χ2v) is 7.96. The normalized spacial score (nSPS) is 13.5. The van der Waals surface area contributed by atoms with Crippen molar-refractivity contribution in [2.45, 2.75) is 46.2 Å². The van der Waals surface area contributed by atoms with Crippen molar-refractivity contribution in [1.29, 1.82) is 0 Å². The Morgan fingerprint density at radius 2 is 2.04 bits per heavy atom. The molecule has 2 heterocycles. The Morgan fingerprint density at radius 3 is 2.57 bits per heavy atom. The van der Waals surface area contributed by atoms with Crippen LogP contribution >= 0.6 is 11.3 Å². The molecule has 0 fully saturated rings. The van der Waals surface area contributed by atoms with Gasteiger partial charge in [-0.3, -0.25) is 4.79 Å². The molecule has 0 aliphatic carbocycles. The highest BCUT2D eigenvalue weighted by atomic mass is 32.1. The highest BCUT2D eigenvalue weighted by Crippen LogP contribution is 2.31. The Kier molecular flexibility index (Phi) is 5.64. The molecule has 2 atom stereocenters. The monoisotopic (exact) mass is 404 g/mol. The molecule has 2 unspecified atom stereocenters. The third-order valence-corrected chi connectivity index (χ3v) is 5.45. The average Bonchev–Trinajstić information content (AvgIpc) is 3.06. The summed E-state index contributed by atoms with van der Waals surface area (Å²) in [7, 11) is 0. The summed E-state index contributed by atoms with van der Waals surface area (Å²) in [4.78, 5) is 28.6. The number of esters is 1. The molecular formula is C20H26N3O4S+3. The van der Waals surface area contributed by atoms with E-state index in [0.717, 1.165) is 16.3 Å². The van der Waals surface area contributed by atoms with Crippen LogP contribution in [0.5, 0.6) is 5.75 Å². The maximum Gasteiger partial charge on any atom is 0.369 e. The van der Waals surface area contributed by atoms with Crippen LogP contribution in [0.15, 0.2) is 26.7 Å². The average molecular weight is 405 g/mol. The molecule has 3 aromatic rings. The molecule has 7 N–H and O–H groups in total. The van der Waals surface area contributed by atoms with Gasteiger partial charge in [-0.1, -0.05) is 18.3 Å². The molecule has 3 rings (SSSR count). The van der Waals surface area contributed by atoms with E-state index in [2.05, 4.69) is 16.5 Å². The number of rotatable bonds is 5. The Hall–Kier alpha value is -2.55. The molecular weight excluding hydrogens is 378 g/mol. The van der Waals surface area contributed by atoms with Gasteiger partial charge >= 0.3 is 5.97 Å². The molecule has 0 bridgehead atoms. The fourth-order valence-electron chi connectivity index (χ4n) is 2.93. The number of hydrogen-bond acceptors (Lipinski definition) is 5. The minimum Gasteiger partial charge on any atom is -0.453 e. The Balaban J connectivity index is 2.28. The molecule has 0 radical (unpaired) electrons. The number of carbonyl (C=O) groups excluding carboxylic acids is 1. The van der Waals surface area contributed by atoms with Gasteiger partial charge in [0.1, 0.15) is 17.4 Å². The van der Waals surface area contributed by atoms with E-state index in [-0.39, 0.29) is 11.5 Å². The topological polar surface area (TPSA) is 126 Å². The number of quaternary nitrogens is 2. The Labute approximate surface area is 166 Å². The lowest BCUT2D eigenvalue weighted by molar-refractivity contribution is -0.424. The SMILES string of the molecule is CCc1cc2c(=O)c(-c3[nH+]c(C)cs3)c(C(C)[NH3+])oc2cc1OC(=O)C(C)[NH3+]. The minimum atomic E-state index is -0.497. The number of nitrogens with one attached hydrogen (secondary N) is 1. The van der Waals surface area contributed by atoms with Crippen LogP contribution in [0.2, 0.25) is 0 Å². The summed E-state index contributed by atoms with van der Waals surface area (Å²) in [6.45, 7) is 7.43. The molecule has 0 amide bonds. The van der Waals surface area contributed by atoms with E-state index >= 15 is 0 Å². The fourth-order valence-corrected chi connectivity index (χ4v) is 3.82. The van der Waals surface area contributed by atoms with Crippen LogP contribution in [-0.2, 0) is 11.2 Å². The van der Waals surface area contributed by atoms with Crippen LogP contribution in [0.3, 0.4) is 0 Å². The van der Waals surface area contributed by atoms with Gasteiger partial charge in [-0.15, -0.1) is 0 Å². The number of carbonyl (C=O) groups is 1.